The summed E-state index contributed by atoms with van der Waals surface area (Å²) in [6, 6.07) is 0. The van der Waals surface area contributed by atoms with Crippen LogP contribution in [-0.4, -0.2) is 37.2 Å². The molecule has 6 nitrogen and oxygen atoms in total. The molecule has 0 aromatic carbocycles. The molecular weight excluding hydrogens is 769 g/mol. The summed E-state index contributed by atoms with van der Waals surface area (Å²) in [5.41, 5.74) is 0. The lowest BCUT2D eigenvalue weighted by atomic mass is 10.0. The summed E-state index contributed by atoms with van der Waals surface area (Å²) in [5, 5.41) is 0. The van der Waals surface area contributed by atoms with E-state index in [9.17, 15) is 14.4 Å². The molecule has 0 fully saturated rings. The van der Waals surface area contributed by atoms with Crippen LogP contribution < -0.4 is 0 Å². The first-order chi connectivity index (χ1) is 30.5. The summed E-state index contributed by atoms with van der Waals surface area (Å²) < 4.78 is 16.8. The van der Waals surface area contributed by atoms with Crippen molar-refractivity contribution in [2.24, 2.45) is 0 Å². The molecule has 360 valence electrons. The Hall–Kier alpha value is -2.63. The molecule has 0 unspecified atom stereocenters. The van der Waals surface area contributed by atoms with Crippen molar-refractivity contribution >= 4 is 17.9 Å². The van der Waals surface area contributed by atoms with E-state index in [0.29, 0.717) is 19.3 Å². The first kappa shape index (κ1) is 59.4. The maximum absolute atomic E-state index is 12.8. The molecule has 0 saturated heterocycles. The fourth-order valence-corrected chi connectivity index (χ4v) is 7.49. The Labute approximate surface area is 384 Å². The number of esters is 3. The van der Waals surface area contributed by atoms with Crippen molar-refractivity contribution in [3.8, 4) is 0 Å². The van der Waals surface area contributed by atoms with Gasteiger partial charge in [-0.2, -0.15) is 0 Å². The van der Waals surface area contributed by atoms with E-state index < -0.39 is 6.10 Å². The zero-order valence-electron chi connectivity index (χ0n) is 41.1. The number of carbonyl (C=O) groups is 3. The minimum Gasteiger partial charge on any atom is -0.462 e. The molecule has 6 heteroatoms. The topological polar surface area (TPSA) is 78.9 Å². The van der Waals surface area contributed by atoms with Crippen LogP contribution in [0.2, 0.25) is 0 Å². The summed E-state index contributed by atoms with van der Waals surface area (Å²) in [7, 11) is 0. The van der Waals surface area contributed by atoms with Gasteiger partial charge in [0, 0.05) is 19.3 Å². The van der Waals surface area contributed by atoms with Crippen LogP contribution in [0.4, 0.5) is 0 Å². The molecular formula is C56H100O6. The second kappa shape index (κ2) is 51.0. The Balaban J connectivity index is 4.35. The van der Waals surface area contributed by atoms with Crippen LogP contribution in [-0.2, 0) is 28.6 Å². The zero-order valence-corrected chi connectivity index (χ0v) is 41.1. The molecule has 0 spiro atoms. The third-order valence-corrected chi connectivity index (χ3v) is 11.6. The van der Waals surface area contributed by atoms with Crippen LogP contribution in [0.5, 0.6) is 0 Å². The van der Waals surface area contributed by atoms with Crippen molar-refractivity contribution < 1.29 is 28.6 Å². The molecule has 0 radical (unpaired) electrons. The molecule has 62 heavy (non-hydrogen) atoms. The molecule has 0 aliphatic carbocycles. The van der Waals surface area contributed by atoms with Crippen LogP contribution in [0.1, 0.15) is 271 Å². The average Bonchev–Trinajstić information content (AvgIpc) is 3.27. The van der Waals surface area contributed by atoms with Gasteiger partial charge in [0.2, 0.25) is 0 Å². The first-order valence-corrected chi connectivity index (χ1v) is 26.6. The molecule has 0 aliphatic heterocycles. The maximum atomic E-state index is 12.8. The number of hydrogen-bond acceptors (Lipinski definition) is 6. The smallest absolute Gasteiger partial charge is 0.306 e. The van der Waals surface area contributed by atoms with E-state index in [1.807, 2.05) is 0 Å². The van der Waals surface area contributed by atoms with Crippen LogP contribution in [0.15, 0.2) is 48.6 Å². The summed E-state index contributed by atoms with van der Waals surface area (Å²) in [6.45, 7) is 6.57. The highest BCUT2D eigenvalue weighted by molar-refractivity contribution is 5.71. The Bertz CT molecular complexity index is 1090. The number of unbranched alkanes of at least 4 members (excludes halogenated alkanes) is 29. The summed E-state index contributed by atoms with van der Waals surface area (Å²) in [4.78, 5) is 38.0. The fourth-order valence-electron chi connectivity index (χ4n) is 7.49. The highest BCUT2D eigenvalue weighted by atomic mass is 16.6. The lowest BCUT2D eigenvalue weighted by Crippen LogP contribution is -2.30. The number of hydrogen-bond donors (Lipinski definition) is 0. The van der Waals surface area contributed by atoms with Crippen LogP contribution in [0, 0.1) is 0 Å². The predicted octanol–water partition coefficient (Wildman–Crippen LogP) is 17.5. The van der Waals surface area contributed by atoms with Crippen molar-refractivity contribution in [1.29, 1.82) is 0 Å². The number of ether oxygens (including phenoxy) is 3. The Morgan fingerprint density at radius 1 is 0.323 bits per heavy atom. The van der Waals surface area contributed by atoms with Crippen LogP contribution >= 0.6 is 0 Å². The van der Waals surface area contributed by atoms with Gasteiger partial charge in [0.05, 0.1) is 0 Å². The minimum absolute atomic E-state index is 0.0797. The molecule has 0 bridgehead atoms. The van der Waals surface area contributed by atoms with Crippen LogP contribution in [0.3, 0.4) is 0 Å². The molecule has 0 N–H and O–H groups in total. The summed E-state index contributed by atoms with van der Waals surface area (Å²) in [6.07, 6.45) is 60.9. The van der Waals surface area contributed by atoms with Gasteiger partial charge >= 0.3 is 17.9 Å². The van der Waals surface area contributed by atoms with Gasteiger partial charge < -0.3 is 14.2 Å². The van der Waals surface area contributed by atoms with Crippen molar-refractivity contribution in [3.63, 3.8) is 0 Å². The van der Waals surface area contributed by atoms with E-state index in [4.69, 9.17) is 14.2 Å². The van der Waals surface area contributed by atoms with E-state index >= 15 is 0 Å². The van der Waals surface area contributed by atoms with E-state index in [1.165, 1.54) is 148 Å². The van der Waals surface area contributed by atoms with Gasteiger partial charge in [-0.15, -0.1) is 0 Å². The number of allylic oxidation sites excluding steroid dienone is 8. The monoisotopic (exact) mass is 869 g/mol. The van der Waals surface area contributed by atoms with E-state index in [0.717, 1.165) is 83.5 Å². The predicted molar refractivity (Wildman–Crippen MR) is 265 cm³/mol. The quantitative estimate of drug-likeness (QED) is 0.0262. The van der Waals surface area contributed by atoms with Crippen molar-refractivity contribution in [1.82, 2.24) is 0 Å². The lowest BCUT2D eigenvalue weighted by molar-refractivity contribution is -0.167. The van der Waals surface area contributed by atoms with Crippen molar-refractivity contribution in [2.45, 2.75) is 277 Å². The second-order valence-electron chi connectivity index (χ2n) is 17.8. The summed E-state index contributed by atoms with van der Waals surface area (Å²) in [5.74, 6) is -0.892. The second-order valence-corrected chi connectivity index (χ2v) is 17.8. The standard InChI is InChI=1S/C56H100O6/c1-4-7-10-13-16-19-22-24-26-27-28-29-30-32-34-37-40-43-46-49-55(58)61-52-53(51-60-54(57)48-45-42-39-36-33-21-18-15-12-9-6-3)62-56(59)50-47-44-41-38-35-31-25-23-20-17-14-11-8-5-2/h15-16,18-19,24,26,28-29,53H,4-14,17,20-23,25,27,30-52H2,1-3H3/b18-15-,19-16-,26-24-,29-28-/t53-/m1/s1. The van der Waals surface area contributed by atoms with Gasteiger partial charge in [0.1, 0.15) is 13.2 Å². The Kier molecular flexibility index (Phi) is 48.8. The van der Waals surface area contributed by atoms with E-state index in [-0.39, 0.29) is 31.1 Å². The lowest BCUT2D eigenvalue weighted by Gasteiger charge is -2.18. The SMILES string of the molecule is CCCC/C=C\CCCCCCCC(=O)OC[C@H](COC(=O)CCCCCCCC/C=C\C/C=C\C/C=C\CCCCC)OC(=O)CCCCCCCCCCCCCCCC. The Morgan fingerprint density at radius 2 is 0.597 bits per heavy atom. The van der Waals surface area contributed by atoms with Gasteiger partial charge in [-0.25, -0.2) is 0 Å². The van der Waals surface area contributed by atoms with Gasteiger partial charge in [-0.3, -0.25) is 14.4 Å². The molecule has 0 heterocycles. The maximum Gasteiger partial charge on any atom is 0.306 e. The first-order valence-electron chi connectivity index (χ1n) is 26.6. The van der Waals surface area contributed by atoms with Crippen LogP contribution in [0.25, 0.3) is 0 Å². The summed E-state index contributed by atoms with van der Waals surface area (Å²) >= 11 is 0. The molecule has 0 amide bonds. The zero-order chi connectivity index (χ0) is 45.1. The van der Waals surface area contributed by atoms with Crippen molar-refractivity contribution in [2.75, 3.05) is 13.2 Å². The van der Waals surface area contributed by atoms with Crippen molar-refractivity contribution in [3.05, 3.63) is 48.6 Å². The molecule has 1 atom stereocenters. The molecule has 0 rings (SSSR count). The van der Waals surface area contributed by atoms with Gasteiger partial charge in [-0.05, 0) is 77.0 Å². The highest BCUT2D eigenvalue weighted by Crippen LogP contribution is 2.15. The number of carbonyl (C=O) groups excluding carboxylic acids is 3. The highest BCUT2D eigenvalue weighted by Gasteiger charge is 2.19. The largest absolute Gasteiger partial charge is 0.462 e. The van der Waals surface area contributed by atoms with Gasteiger partial charge in [0.25, 0.3) is 0 Å². The number of rotatable bonds is 48. The van der Waals surface area contributed by atoms with Gasteiger partial charge in [-0.1, -0.05) is 223 Å². The third kappa shape index (κ3) is 48.4. The van der Waals surface area contributed by atoms with E-state index in [1.54, 1.807) is 0 Å². The fraction of sp³-hybridized carbons (Fsp3) is 0.804. The minimum atomic E-state index is -0.778. The average molecular weight is 869 g/mol. The van der Waals surface area contributed by atoms with Gasteiger partial charge in [0.15, 0.2) is 6.10 Å². The Morgan fingerprint density at radius 3 is 1.00 bits per heavy atom. The van der Waals surface area contributed by atoms with E-state index in [2.05, 4.69) is 69.4 Å². The molecule has 0 aromatic rings. The third-order valence-electron chi connectivity index (χ3n) is 11.6. The normalized spacial score (nSPS) is 12.4. The molecule has 0 aliphatic rings. The molecule has 0 aromatic heterocycles. The molecule has 0 saturated carbocycles.